The molecule has 5 heterocycles. The van der Waals surface area contributed by atoms with Gasteiger partial charge in [-0.1, -0.05) is 13.3 Å². The summed E-state index contributed by atoms with van der Waals surface area (Å²) in [7, 11) is 1.66. The quantitative estimate of drug-likeness (QED) is 0.213. The van der Waals surface area contributed by atoms with Crippen molar-refractivity contribution in [3.05, 3.63) is 29.7 Å². The number of piperidine rings is 2. The summed E-state index contributed by atoms with van der Waals surface area (Å²) < 4.78 is 7.56. The van der Waals surface area contributed by atoms with Crippen LogP contribution in [0.25, 0.3) is 11.0 Å². The number of aliphatic hydroxyl groups is 1. The highest BCUT2D eigenvalue weighted by Gasteiger charge is 2.27. The molecular formula is C29H43N9O4. The molecule has 228 valence electrons. The van der Waals surface area contributed by atoms with E-state index in [1.54, 1.807) is 18.0 Å². The number of aromatic nitrogens is 5. The van der Waals surface area contributed by atoms with Gasteiger partial charge in [0.2, 0.25) is 5.95 Å². The average molecular weight is 582 g/mol. The fourth-order valence-electron chi connectivity index (χ4n) is 6.28. The average Bonchev–Trinajstić information content (AvgIpc) is 3.40. The number of anilines is 2. The first-order valence-electron chi connectivity index (χ1n) is 15.1. The van der Waals surface area contributed by atoms with Crippen LogP contribution >= 0.6 is 0 Å². The van der Waals surface area contributed by atoms with Gasteiger partial charge in [0.25, 0.3) is 0 Å². The number of hydrogen-bond donors (Lipinski definition) is 5. The Labute approximate surface area is 246 Å². The lowest BCUT2D eigenvalue weighted by molar-refractivity contribution is 0.127. The number of ether oxygens (including phenoxy) is 1. The van der Waals surface area contributed by atoms with Crippen molar-refractivity contribution in [3.63, 3.8) is 0 Å². The van der Waals surface area contributed by atoms with Crippen LogP contribution in [0.3, 0.4) is 0 Å². The minimum Gasteiger partial charge on any atom is -0.495 e. The number of carboxylic acid groups (broad SMARTS) is 1. The maximum Gasteiger partial charge on any atom is 0.411 e. The van der Waals surface area contributed by atoms with Gasteiger partial charge in [0, 0.05) is 24.9 Å². The molecule has 1 unspecified atom stereocenters. The highest BCUT2D eigenvalue weighted by Crippen LogP contribution is 2.33. The predicted octanol–water partition coefficient (Wildman–Crippen LogP) is 3.26. The van der Waals surface area contributed by atoms with E-state index in [4.69, 9.17) is 9.72 Å². The minimum absolute atomic E-state index is 0.0238. The van der Waals surface area contributed by atoms with Crippen LogP contribution in [-0.2, 0) is 6.54 Å². The first-order valence-corrected chi connectivity index (χ1v) is 15.1. The summed E-state index contributed by atoms with van der Waals surface area (Å²) in [4.78, 5) is 27.6. The monoisotopic (exact) mass is 581 g/mol. The van der Waals surface area contributed by atoms with E-state index in [0.717, 1.165) is 57.6 Å². The minimum atomic E-state index is -1.25. The Balaban J connectivity index is 1.36. The second-order valence-corrected chi connectivity index (χ2v) is 11.2. The molecule has 0 bridgehead atoms. The van der Waals surface area contributed by atoms with Crippen LogP contribution in [0.1, 0.15) is 69.0 Å². The maximum absolute atomic E-state index is 11.3. The van der Waals surface area contributed by atoms with Crippen LogP contribution in [0.15, 0.2) is 18.5 Å². The first-order chi connectivity index (χ1) is 20.5. The number of rotatable bonds is 12. The summed E-state index contributed by atoms with van der Waals surface area (Å²) in [6, 6.07) is 2.76. The summed E-state index contributed by atoms with van der Waals surface area (Å²) in [5.74, 6) is 1.57. The largest absolute Gasteiger partial charge is 0.495 e. The van der Waals surface area contributed by atoms with Crippen LogP contribution in [0.5, 0.6) is 5.75 Å². The molecule has 1 amide bonds. The Morgan fingerprint density at radius 3 is 2.64 bits per heavy atom. The van der Waals surface area contributed by atoms with Gasteiger partial charge in [0.15, 0.2) is 5.82 Å². The molecule has 0 saturated carbocycles. The Hall–Kier alpha value is -3.55. The van der Waals surface area contributed by atoms with Crippen LogP contribution < -0.4 is 20.7 Å². The first kappa shape index (κ1) is 29.9. The van der Waals surface area contributed by atoms with Crippen molar-refractivity contribution in [2.75, 3.05) is 50.5 Å². The molecule has 3 aromatic rings. The molecule has 3 aromatic heterocycles. The number of amides is 1. The van der Waals surface area contributed by atoms with Crippen molar-refractivity contribution < 1.29 is 19.7 Å². The van der Waals surface area contributed by atoms with Gasteiger partial charge in [-0.05, 0) is 82.3 Å². The highest BCUT2D eigenvalue weighted by molar-refractivity contribution is 5.89. The smallest absolute Gasteiger partial charge is 0.411 e. The summed E-state index contributed by atoms with van der Waals surface area (Å²) >= 11 is 0. The van der Waals surface area contributed by atoms with E-state index in [9.17, 15) is 15.0 Å². The van der Waals surface area contributed by atoms with Crippen molar-refractivity contribution in [3.8, 4) is 5.75 Å². The molecule has 5 N–H and O–H groups in total. The number of nitrogens with zero attached hydrogens (tertiary/aromatic N) is 6. The lowest BCUT2D eigenvalue weighted by Gasteiger charge is -2.39. The van der Waals surface area contributed by atoms with Crippen LogP contribution in [0.4, 0.5) is 16.6 Å². The summed E-state index contributed by atoms with van der Waals surface area (Å²) in [6.07, 6.45) is 9.26. The van der Waals surface area contributed by atoms with Gasteiger partial charge in [0.1, 0.15) is 22.5 Å². The van der Waals surface area contributed by atoms with Crippen molar-refractivity contribution >= 4 is 28.9 Å². The number of aliphatic hydroxyl groups excluding tert-OH is 1. The molecule has 2 aliphatic heterocycles. The maximum atomic E-state index is 11.3. The SMILES string of the molecule is CCCC(CCO)Nc1nc(NC(=O)O)nc2cnn(Cc3ncc(C4CCN(C5CCNCC5)CC4)cc3OC)c12. The molecule has 0 aliphatic carbocycles. The number of hydrogen-bond acceptors (Lipinski definition) is 10. The molecule has 5 rings (SSSR count). The zero-order valence-corrected chi connectivity index (χ0v) is 24.6. The van der Waals surface area contributed by atoms with Gasteiger partial charge in [-0.2, -0.15) is 10.1 Å². The Kier molecular flexibility index (Phi) is 10.0. The molecule has 13 nitrogen and oxygen atoms in total. The molecule has 42 heavy (non-hydrogen) atoms. The summed E-state index contributed by atoms with van der Waals surface area (Å²) in [6.45, 7) is 6.88. The number of methoxy groups -OCH3 is 1. The molecule has 0 spiro atoms. The fourth-order valence-corrected chi connectivity index (χ4v) is 6.28. The molecule has 2 fully saturated rings. The van der Waals surface area contributed by atoms with Crippen LogP contribution in [0, 0.1) is 0 Å². The van der Waals surface area contributed by atoms with E-state index in [-0.39, 0.29) is 18.6 Å². The van der Waals surface area contributed by atoms with Gasteiger partial charge >= 0.3 is 6.09 Å². The third-order valence-corrected chi connectivity index (χ3v) is 8.46. The van der Waals surface area contributed by atoms with Crippen molar-refractivity contribution in [1.29, 1.82) is 0 Å². The van der Waals surface area contributed by atoms with Crippen molar-refractivity contribution in [2.45, 2.75) is 76.4 Å². The summed E-state index contributed by atoms with van der Waals surface area (Å²) in [5, 5.41) is 32.5. The Morgan fingerprint density at radius 2 is 1.95 bits per heavy atom. The van der Waals surface area contributed by atoms with Crippen LogP contribution in [-0.4, -0.2) is 97.9 Å². The molecule has 1 atom stereocenters. The Bertz CT molecular complexity index is 1330. The number of pyridine rings is 1. The lowest BCUT2D eigenvalue weighted by atomic mass is 9.88. The van der Waals surface area contributed by atoms with E-state index in [1.165, 1.54) is 18.4 Å². The normalized spacial score (nSPS) is 17.8. The van der Waals surface area contributed by atoms with Gasteiger partial charge in [0.05, 0.1) is 19.9 Å². The topological polar surface area (TPSA) is 163 Å². The number of carbonyl (C=O) groups is 1. The standard InChI is InChI=1S/C29H43N9O4/c1-3-4-21(9-14-39)33-27-26-23(34-28(35-27)36-29(40)41)17-32-38(26)18-24-25(42-2)15-20(16-31-24)19-7-12-37(13-8-19)22-5-10-30-11-6-22/h15-17,19,21-22,30,39H,3-14,18H2,1-2H3,(H,40,41)(H2,33,34,35,36). The predicted molar refractivity (Wildman–Crippen MR) is 160 cm³/mol. The number of nitrogens with one attached hydrogen (secondary N) is 3. The molecular weight excluding hydrogens is 538 g/mol. The molecule has 0 radical (unpaired) electrons. The second kappa shape index (κ2) is 14.1. The molecule has 0 aromatic carbocycles. The summed E-state index contributed by atoms with van der Waals surface area (Å²) in [5.41, 5.74) is 3.06. The highest BCUT2D eigenvalue weighted by atomic mass is 16.5. The molecule has 13 heteroatoms. The van der Waals surface area contributed by atoms with E-state index < -0.39 is 6.09 Å². The number of likely N-dealkylation sites (tertiary alicyclic amines) is 1. The zero-order valence-electron chi connectivity index (χ0n) is 24.6. The lowest BCUT2D eigenvalue weighted by Crippen LogP contribution is -2.46. The molecule has 2 saturated heterocycles. The van der Waals surface area contributed by atoms with E-state index in [1.807, 2.05) is 6.20 Å². The van der Waals surface area contributed by atoms with Gasteiger partial charge in [-0.15, -0.1) is 0 Å². The molecule has 2 aliphatic rings. The van der Waals surface area contributed by atoms with E-state index >= 15 is 0 Å². The zero-order chi connectivity index (χ0) is 29.5. The van der Waals surface area contributed by atoms with E-state index in [0.29, 0.717) is 47.5 Å². The van der Waals surface area contributed by atoms with Crippen LogP contribution in [0.2, 0.25) is 0 Å². The fraction of sp³-hybridized carbons (Fsp3) is 0.621. The third kappa shape index (κ3) is 7.08. The van der Waals surface area contributed by atoms with Crippen molar-refractivity contribution in [2.24, 2.45) is 0 Å². The van der Waals surface area contributed by atoms with Gasteiger partial charge in [-0.3, -0.25) is 15.0 Å². The number of fused-ring (bicyclic) bond motifs is 1. The van der Waals surface area contributed by atoms with Gasteiger partial charge in [-0.25, -0.2) is 9.78 Å². The second-order valence-electron chi connectivity index (χ2n) is 11.2. The third-order valence-electron chi connectivity index (χ3n) is 8.46. The van der Waals surface area contributed by atoms with Gasteiger partial charge < -0.3 is 30.5 Å². The Morgan fingerprint density at radius 1 is 1.17 bits per heavy atom. The van der Waals surface area contributed by atoms with E-state index in [2.05, 4.69) is 48.9 Å². The van der Waals surface area contributed by atoms with Crippen molar-refractivity contribution in [1.82, 2.24) is 34.9 Å².